The lowest BCUT2D eigenvalue weighted by Gasteiger charge is -2.14. The summed E-state index contributed by atoms with van der Waals surface area (Å²) in [6, 6.07) is 9.56. The number of pyridine rings is 1. The van der Waals surface area contributed by atoms with E-state index in [0.717, 1.165) is 27.5 Å². The summed E-state index contributed by atoms with van der Waals surface area (Å²) in [5.41, 5.74) is 6.59. The number of carbonyl (C=O) groups excluding carboxylic acids is 1. The van der Waals surface area contributed by atoms with E-state index in [-0.39, 0.29) is 12.5 Å². The number of benzene rings is 1. The molecule has 1 amide bonds. The Hall–Kier alpha value is -2.77. The van der Waals surface area contributed by atoms with E-state index >= 15 is 0 Å². The molecule has 0 saturated heterocycles. The van der Waals surface area contributed by atoms with Gasteiger partial charge in [-0.25, -0.2) is 10.5 Å². The Kier molecular flexibility index (Phi) is 5.93. The molecule has 2 heterocycles. The van der Waals surface area contributed by atoms with Gasteiger partial charge >= 0.3 is 0 Å². The fourth-order valence-electron chi connectivity index (χ4n) is 2.52. The molecule has 6 nitrogen and oxygen atoms in total. The largest absolute Gasteiger partial charge is 0.380 e. The highest BCUT2D eigenvalue weighted by Crippen LogP contribution is 2.20. The van der Waals surface area contributed by atoms with Crippen molar-refractivity contribution in [3.05, 3.63) is 75.5 Å². The third kappa shape index (κ3) is 4.65. The molecule has 7 heteroatoms. The second kappa shape index (κ2) is 8.55. The molecule has 0 unspecified atom stereocenters. The third-order valence-corrected chi connectivity index (χ3v) is 4.61. The van der Waals surface area contributed by atoms with Crippen LogP contribution in [0.25, 0.3) is 0 Å². The SMILES string of the molecule is Cc1nc(CONC(=O)c2c(C)cccc2NCc2ccncc2)cs1. The number of amides is 1. The van der Waals surface area contributed by atoms with Gasteiger partial charge in [0.15, 0.2) is 0 Å². The minimum atomic E-state index is -0.285. The zero-order chi connectivity index (χ0) is 18.4. The fourth-order valence-corrected chi connectivity index (χ4v) is 3.11. The highest BCUT2D eigenvalue weighted by atomic mass is 32.1. The maximum atomic E-state index is 12.6. The van der Waals surface area contributed by atoms with Gasteiger partial charge < -0.3 is 5.32 Å². The average molecular weight is 368 g/mol. The molecule has 2 N–H and O–H groups in total. The number of anilines is 1. The Morgan fingerprint density at radius 2 is 2.00 bits per heavy atom. The molecule has 0 atom stereocenters. The topological polar surface area (TPSA) is 76.1 Å². The molecule has 0 aliphatic carbocycles. The van der Waals surface area contributed by atoms with Crippen LogP contribution in [0.15, 0.2) is 48.1 Å². The number of carbonyl (C=O) groups is 1. The minimum absolute atomic E-state index is 0.238. The van der Waals surface area contributed by atoms with Crippen molar-refractivity contribution in [2.45, 2.75) is 27.0 Å². The first-order valence-corrected chi connectivity index (χ1v) is 9.07. The second-order valence-electron chi connectivity index (χ2n) is 5.78. The summed E-state index contributed by atoms with van der Waals surface area (Å²) >= 11 is 1.55. The first-order chi connectivity index (χ1) is 12.6. The molecule has 2 aromatic heterocycles. The van der Waals surface area contributed by atoms with Crippen LogP contribution in [0.3, 0.4) is 0 Å². The Bertz CT molecular complexity index is 880. The summed E-state index contributed by atoms with van der Waals surface area (Å²) < 4.78 is 0. The summed E-state index contributed by atoms with van der Waals surface area (Å²) in [6.45, 7) is 4.67. The molecule has 0 saturated carbocycles. The number of thiazole rings is 1. The maximum Gasteiger partial charge on any atom is 0.277 e. The van der Waals surface area contributed by atoms with Gasteiger partial charge in [-0.05, 0) is 43.2 Å². The first kappa shape index (κ1) is 18.0. The highest BCUT2D eigenvalue weighted by Gasteiger charge is 2.14. The lowest BCUT2D eigenvalue weighted by atomic mass is 10.1. The van der Waals surface area contributed by atoms with Crippen molar-refractivity contribution in [2.75, 3.05) is 5.32 Å². The number of aromatic nitrogens is 2. The van der Waals surface area contributed by atoms with Crippen molar-refractivity contribution in [3.8, 4) is 0 Å². The van der Waals surface area contributed by atoms with Crippen molar-refractivity contribution in [1.29, 1.82) is 0 Å². The number of rotatable bonds is 7. The molecule has 0 radical (unpaired) electrons. The van der Waals surface area contributed by atoms with Crippen LogP contribution in [0, 0.1) is 13.8 Å². The molecule has 0 bridgehead atoms. The minimum Gasteiger partial charge on any atom is -0.380 e. The van der Waals surface area contributed by atoms with Gasteiger partial charge in [0.25, 0.3) is 5.91 Å². The number of hydroxylamine groups is 1. The van der Waals surface area contributed by atoms with Gasteiger partial charge in [0, 0.05) is 30.0 Å². The smallest absolute Gasteiger partial charge is 0.277 e. The normalized spacial score (nSPS) is 10.5. The summed E-state index contributed by atoms with van der Waals surface area (Å²) in [5.74, 6) is -0.285. The van der Waals surface area contributed by atoms with E-state index in [0.29, 0.717) is 12.1 Å². The Morgan fingerprint density at radius 3 is 2.73 bits per heavy atom. The highest BCUT2D eigenvalue weighted by molar-refractivity contribution is 7.09. The molecule has 26 heavy (non-hydrogen) atoms. The molecule has 3 aromatic rings. The standard InChI is InChI=1S/C19H20N4O2S/c1-13-4-3-5-17(21-10-15-6-8-20-9-7-15)18(13)19(24)23-25-11-16-12-26-14(2)22-16/h3-9,12,21H,10-11H2,1-2H3,(H,23,24). The number of nitrogens with zero attached hydrogens (tertiary/aromatic N) is 2. The predicted octanol–water partition coefficient (Wildman–Crippen LogP) is 3.63. The van der Waals surface area contributed by atoms with Crippen LogP contribution < -0.4 is 10.8 Å². The third-order valence-electron chi connectivity index (χ3n) is 3.78. The molecule has 1 aromatic carbocycles. The van der Waals surface area contributed by atoms with Crippen molar-refractivity contribution in [1.82, 2.24) is 15.4 Å². The van der Waals surface area contributed by atoms with Gasteiger partial charge in [0.1, 0.15) is 6.61 Å². The number of hydrogen-bond acceptors (Lipinski definition) is 6. The van der Waals surface area contributed by atoms with E-state index in [1.807, 2.05) is 49.6 Å². The van der Waals surface area contributed by atoms with Crippen LogP contribution in [-0.2, 0) is 18.0 Å². The van der Waals surface area contributed by atoms with Crippen molar-refractivity contribution >= 4 is 22.9 Å². The Labute approximate surface area is 156 Å². The predicted molar refractivity (Wildman–Crippen MR) is 102 cm³/mol. The van der Waals surface area contributed by atoms with E-state index in [2.05, 4.69) is 20.8 Å². The van der Waals surface area contributed by atoms with E-state index in [9.17, 15) is 4.79 Å². The average Bonchev–Trinajstić information content (AvgIpc) is 3.06. The van der Waals surface area contributed by atoms with Crippen molar-refractivity contribution in [2.24, 2.45) is 0 Å². The summed E-state index contributed by atoms with van der Waals surface area (Å²) in [5, 5.41) is 6.19. The van der Waals surface area contributed by atoms with Crippen LogP contribution in [-0.4, -0.2) is 15.9 Å². The van der Waals surface area contributed by atoms with Crippen LogP contribution >= 0.6 is 11.3 Å². The molecular formula is C19H20N4O2S. The lowest BCUT2D eigenvalue weighted by molar-refractivity contribution is 0.0223. The monoisotopic (exact) mass is 368 g/mol. The summed E-state index contributed by atoms with van der Waals surface area (Å²) in [6.07, 6.45) is 3.49. The number of aryl methyl sites for hydroxylation is 2. The molecular weight excluding hydrogens is 348 g/mol. The van der Waals surface area contributed by atoms with Gasteiger partial charge in [-0.3, -0.25) is 14.6 Å². The van der Waals surface area contributed by atoms with Gasteiger partial charge in [-0.1, -0.05) is 12.1 Å². The zero-order valence-electron chi connectivity index (χ0n) is 14.7. The quantitative estimate of drug-likeness (QED) is 0.623. The van der Waals surface area contributed by atoms with Crippen molar-refractivity contribution < 1.29 is 9.63 Å². The van der Waals surface area contributed by atoms with Gasteiger partial charge in [-0.15, -0.1) is 11.3 Å². The van der Waals surface area contributed by atoms with Crippen molar-refractivity contribution in [3.63, 3.8) is 0 Å². The molecule has 3 rings (SSSR count). The lowest BCUT2D eigenvalue weighted by Crippen LogP contribution is -2.25. The Balaban J connectivity index is 1.64. The van der Waals surface area contributed by atoms with Gasteiger partial charge in [-0.2, -0.15) is 0 Å². The molecule has 134 valence electrons. The number of hydrogen-bond donors (Lipinski definition) is 2. The van der Waals surface area contributed by atoms with E-state index in [4.69, 9.17) is 4.84 Å². The zero-order valence-corrected chi connectivity index (χ0v) is 15.5. The maximum absolute atomic E-state index is 12.6. The molecule has 0 aliphatic rings. The fraction of sp³-hybridized carbons (Fsp3) is 0.211. The molecule has 0 aliphatic heterocycles. The van der Waals surface area contributed by atoms with Gasteiger partial charge in [0.05, 0.1) is 16.3 Å². The molecule has 0 fully saturated rings. The van der Waals surface area contributed by atoms with Crippen LogP contribution in [0.2, 0.25) is 0 Å². The summed E-state index contributed by atoms with van der Waals surface area (Å²) in [4.78, 5) is 26.2. The van der Waals surface area contributed by atoms with Gasteiger partial charge in [0.2, 0.25) is 0 Å². The first-order valence-electron chi connectivity index (χ1n) is 8.19. The Morgan fingerprint density at radius 1 is 1.19 bits per heavy atom. The second-order valence-corrected chi connectivity index (χ2v) is 6.85. The van der Waals surface area contributed by atoms with E-state index < -0.39 is 0 Å². The van der Waals surface area contributed by atoms with Crippen LogP contribution in [0.4, 0.5) is 5.69 Å². The van der Waals surface area contributed by atoms with E-state index in [1.165, 1.54) is 0 Å². The van der Waals surface area contributed by atoms with E-state index in [1.54, 1.807) is 23.7 Å². The summed E-state index contributed by atoms with van der Waals surface area (Å²) in [7, 11) is 0. The number of nitrogens with one attached hydrogen (secondary N) is 2. The molecule has 0 spiro atoms. The van der Waals surface area contributed by atoms with Crippen LogP contribution in [0.5, 0.6) is 0 Å². The van der Waals surface area contributed by atoms with Crippen LogP contribution in [0.1, 0.15) is 32.2 Å².